The van der Waals surface area contributed by atoms with E-state index in [1.807, 2.05) is 6.92 Å². The van der Waals surface area contributed by atoms with Crippen molar-refractivity contribution >= 4 is 49.3 Å². The zero-order valence-corrected chi connectivity index (χ0v) is 15.2. The van der Waals surface area contributed by atoms with E-state index < -0.39 is 17.5 Å². The van der Waals surface area contributed by atoms with Crippen molar-refractivity contribution in [2.45, 2.75) is 6.92 Å². The van der Waals surface area contributed by atoms with Crippen molar-refractivity contribution in [3.8, 4) is 0 Å². The SMILES string of the molecule is CONC(=O)c1cc(Br)c(F)c(F)c1Nc1ncc(C)cc1Br. The number of pyridine rings is 1. The lowest BCUT2D eigenvalue weighted by Gasteiger charge is -2.14. The zero-order valence-electron chi connectivity index (χ0n) is 12.0. The van der Waals surface area contributed by atoms with Crippen LogP contribution in [0.4, 0.5) is 20.3 Å². The fourth-order valence-electron chi connectivity index (χ4n) is 1.79. The van der Waals surface area contributed by atoms with Gasteiger partial charge < -0.3 is 5.32 Å². The molecule has 0 unspecified atom stereocenters. The highest BCUT2D eigenvalue weighted by Gasteiger charge is 2.23. The Morgan fingerprint density at radius 3 is 2.52 bits per heavy atom. The molecule has 0 aliphatic heterocycles. The number of nitrogens with one attached hydrogen (secondary N) is 2. The Balaban J connectivity index is 2.55. The van der Waals surface area contributed by atoms with Gasteiger partial charge in [0.2, 0.25) is 0 Å². The number of halogens is 4. The normalized spacial score (nSPS) is 10.5. The lowest BCUT2D eigenvalue weighted by Crippen LogP contribution is -2.23. The molecule has 122 valence electrons. The lowest BCUT2D eigenvalue weighted by molar-refractivity contribution is 0.0538. The maximum Gasteiger partial charge on any atom is 0.277 e. The van der Waals surface area contributed by atoms with E-state index in [0.29, 0.717) is 4.47 Å². The van der Waals surface area contributed by atoms with Crippen molar-refractivity contribution < 1.29 is 18.4 Å². The largest absolute Gasteiger partial charge is 0.336 e. The van der Waals surface area contributed by atoms with Gasteiger partial charge in [0.05, 0.1) is 27.3 Å². The monoisotopic (exact) mass is 449 g/mol. The number of benzene rings is 1. The second kappa shape index (κ2) is 7.33. The predicted octanol–water partition coefficient (Wildman–Crippen LogP) is 4.23. The van der Waals surface area contributed by atoms with Gasteiger partial charge >= 0.3 is 0 Å². The van der Waals surface area contributed by atoms with Crippen LogP contribution in [0, 0.1) is 18.6 Å². The molecule has 0 aliphatic carbocycles. The Morgan fingerprint density at radius 1 is 1.22 bits per heavy atom. The third-order valence-corrected chi connectivity index (χ3v) is 4.00. The zero-order chi connectivity index (χ0) is 17.1. The molecule has 2 N–H and O–H groups in total. The number of aromatic nitrogens is 1. The van der Waals surface area contributed by atoms with Crippen molar-refractivity contribution in [3.05, 3.63) is 50.0 Å². The number of amides is 1. The molecule has 0 aliphatic rings. The van der Waals surface area contributed by atoms with E-state index in [0.717, 1.165) is 11.6 Å². The Hall–Kier alpha value is -1.58. The molecule has 0 atom stereocenters. The van der Waals surface area contributed by atoms with Crippen molar-refractivity contribution in [2.24, 2.45) is 0 Å². The van der Waals surface area contributed by atoms with Crippen molar-refractivity contribution in [1.82, 2.24) is 10.5 Å². The van der Waals surface area contributed by atoms with Gasteiger partial charge in [0, 0.05) is 6.20 Å². The molecule has 1 amide bonds. The van der Waals surface area contributed by atoms with Crippen LogP contribution in [0.5, 0.6) is 0 Å². The van der Waals surface area contributed by atoms with E-state index in [2.05, 4.69) is 52.5 Å². The first-order valence-corrected chi connectivity index (χ1v) is 7.83. The number of aryl methyl sites for hydroxylation is 1. The third-order valence-electron chi connectivity index (χ3n) is 2.82. The summed E-state index contributed by atoms with van der Waals surface area (Å²) in [5.41, 5.74) is 2.45. The average molecular weight is 451 g/mol. The summed E-state index contributed by atoms with van der Waals surface area (Å²) in [5, 5.41) is 2.63. The summed E-state index contributed by atoms with van der Waals surface area (Å²) in [7, 11) is 1.23. The molecule has 1 heterocycles. The van der Waals surface area contributed by atoms with E-state index in [1.165, 1.54) is 7.11 Å². The summed E-state index contributed by atoms with van der Waals surface area (Å²) in [5.74, 6) is -2.83. The first-order valence-electron chi connectivity index (χ1n) is 6.25. The minimum absolute atomic E-state index is 0.146. The van der Waals surface area contributed by atoms with E-state index in [4.69, 9.17) is 0 Å². The van der Waals surface area contributed by atoms with Gasteiger partial charge in [-0.3, -0.25) is 9.63 Å². The number of anilines is 2. The molecule has 0 spiro atoms. The molecule has 0 fully saturated rings. The quantitative estimate of drug-likeness (QED) is 0.540. The van der Waals surface area contributed by atoms with Gasteiger partial charge in [0.1, 0.15) is 5.82 Å². The second-order valence-corrected chi connectivity index (χ2v) is 6.22. The topological polar surface area (TPSA) is 63.2 Å². The van der Waals surface area contributed by atoms with Crippen molar-refractivity contribution in [2.75, 3.05) is 12.4 Å². The van der Waals surface area contributed by atoms with E-state index in [1.54, 1.807) is 12.3 Å². The van der Waals surface area contributed by atoms with Crippen LogP contribution in [0.2, 0.25) is 0 Å². The molecule has 0 saturated carbocycles. The molecule has 23 heavy (non-hydrogen) atoms. The first kappa shape index (κ1) is 17.8. The number of hydrogen-bond acceptors (Lipinski definition) is 4. The van der Waals surface area contributed by atoms with Crippen LogP contribution in [0.15, 0.2) is 27.3 Å². The molecule has 2 aromatic rings. The molecule has 1 aromatic carbocycles. The van der Waals surface area contributed by atoms with Crippen LogP contribution < -0.4 is 10.8 Å². The fraction of sp³-hybridized carbons (Fsp3) is 0.143. The minimum atomic E-state index is -1.21. The number of hydroxylamine groups is 1. The first-order chi connectivity index (χ1) is 10.8. The van der Waals surface area contributed by atoms with Crippen molar-refractivity contribution in [1.29, 1.82) is 0 Å². The maximum absolute atomic E-state index is 14.3. The molecular weight excluding hydrogens is 440 g/mol. The van der Waals surface area contributed by atoms with Gasteiger partial charge in [-0.05, 0) is 56.5 Å². The fourth-order valence-corrected chi connectivity index (χ4v) is 2.75. The molecular formula is C14H11Br2F2N3O2. The summed E-state index contributed by atoms with van der Waals surface area (Å²) in [4.78, 5) is 20.6. The highest BCUT2D eigenvalue weighted by atomic mass is 79.9. The van der Waals surface area contributed by atoms with Crippen LogP contribution in [0.3, 0.4) is 0 Å². The van der Waals surface area contributed by atoms with Gasteiger partial charge in [-0.2, -0.15) is 0 Å². The molecule has 0 radical (unpaired) electrons. The predicted molar refractivity (Wildman–Crippen MR) is 88.5 cm³/mol. The molecule has 2 rings (SSSR count). The van der Waals surface area contributed by atoms with Gasteiger partial charge in [-0.25, -0.2) is 19.2 Å². The summed E-state index contributed by atoms with van der Waals surface area (Å²) in [6.45, 7) is 1.83. The van der Waals surface area contributed by atoms with Gasteiger partial charge in [0.15, 0.2) is 11.6 Å². The lowest BCUT2D eigenvalue weighted by atomic mass is 10.1. The van der Waals surface area contributed by atoms with E-state index in [-0.39, 0.29) is 21.5 Å². The third kappa shape index (κ3) is 3.85. The maximum atomic E-state index is 14.3. The Kier molecular flexibility index (Phi) is 5.66. The van der Waals surface area contributed by atoms with E-state index >= 15 is 0 Å². The van der Waals surface area contributed by atoms with Gasteiger partial charge in [0.25, 0.3) is 5.91 Å². The van der Waals surface area contributed by atoms with Crippen LogP contribution in [-0.2, 0) is 4.84 Å². The second-order valence-electron chi connectivity index (χ2n) is 4.51. The van der Waals surface area contributed by atoms with Gasteiger partial charge in [-0.1, -0.05) is 0 Å². The number of rotatable bonds is 4. The Labute approximate surface area is 147 Å². The molecule has 1 aromatic heterocycles. The molecule has 0 bridgehead atoms. The molecule has 0 saturated heterocycles. The summed E-state index contributed by atoms with van der Waals surface area (Å²) in [6, 6.07) is 2.90. The van der Waals surface area contributed by atoms with E-state index in [9.17, 15) is 13.6 Å². The Bertz CT molecular complexity index is 772. The van der Waals surface area contributed by atoms with Crippen LogP contribution in [0.25, 0.3) is 0 Å². The van der Waals surface area contributed by atoms with Gasteiger partial charge in [-0.15, -0.1) is 0 Å². The average Bonchev–Trinajstić information content (AvgIpc) is 2.50. The van der Waals surface area contributed by atoms with Crippen LogP contribution in [-0.4, -0.2) is 18.0 Å². The Morgan fingerprint density at radius 2 is 1.91 bits per heavy atom. The smallest absolute Gasteiger partial charge is 0.277 e. The minimum Gasteiger partial charge on any atom is -0.336 e. The summed E-state index contributed by atoms with van der Waals surface area (Å²) in [6.07, 6.45) is 1.55. The van der Waals surface area contributed by atoms with Crippen LogP contribution >= 0.6 is 31.9 Å². The molecule has 9 heteroatoms. The van der Waals surface area contributed by atoms with Crippen LogP contribution in [0.1, 0.15) is 15.9 Å². The van der Waals surface area contributed by atoms with Crippen molar-refractivity contribution in [3.63, 3.8) is 0 Å². The number of carbonyl (C=O) groups excluding carboxylic acids is 1. The number of hydrogen-bond donors (Lipinski definition) is 2. The highest BCUT2D eigenvalue weighted by Crippen LogP contribution is 2.32. The number of nitrogens with zero attached hydrogens (tertiary/aromatic N) is 1. The standard InChI is InChI=1S/C14H11Br2F2N3O2/c1-6-3-9(16)13(19-5-6)20-12-7(14(22)21-23-2)4-8(15)10(17)11(12)18/h3-5H,1-2H3,(H,19,20)(H,21,22). The summed E-state index contributed by atoms with van der Waals surface area (Å²) < 4.78 is 28.5. The number of carbonyl (C=O) groups is 1. The highest BCUT2D eigenvalue weighted by molar-refractivity contribution is 9.10. The molecule has 5 nitrogen and oxygen atoms in total. The summed E-state index contributed by atoms with van der Waals surface area (Å²) >= 11 is 6.15.